The minimum atomic E-state index is -3.40. The summed E-state index contributed by atoms with van der Waals surface area (Å²) in [5.41, 5.74) is 2.68. The highest BCUT2D eigenvalue weighted by molar-refractivity contribution is 7.89. The molecule has 0 spiro atoms. The Labute approximate surface area is 146 Å². The molecule has 6 heteroatoms. The molecule has 1 N–H and O–H groups in total. The molecule has 1 fully saturated rings. The van der Waals surface area contributed by atoms with Gasteiger partial charge in [-0.1, -0.05) is 29.8 Å². The maximum Gasteiger partial charge on any atom is 0.243 e. The first-order valence-electron chi connectivity index (χ1n) is 7.93. The second-order valence-corrected chi connectivity index (χ2v) is 8.37. The predicted octanol–water partition coefficient (Wildman–Crippen LogP) is 4.27. The summed E-state index contributed by atoms with van der Waals surface area (Å²) in [6.07, 6.45) is 1.87. The summed E-state index contributed by atoms with van der Waals surface area (Å²) in [4.78, 5) is 3.66. The van der Waals surface area contributed by atoms with E-state index in [1.807, 2.05) is 36.4 Å². The van der Waals surface area contributed by atoms with E-state index in [0.29, 0.717) is 23.0 Å². The van der Waals surface area contributed by atoms with Crippen LogP contribution in [0.5, 0.6) is 0 Å². The Hall–Kier alpha value is -1.82. The molecule has 2 aromatic carbocycles. The zero-order chi connectivity index (χ0) is 16.7. The third kappa shape index (κ3) is 2.62. The van der Waals surface area contributed by atoms with E-state index in [-0.39, 0.29) is 0 Å². The quantitative estimate of drug-likeness (QED) is 0.758. The molecule has 4 rings (SSSR count). The summed E-state index contributed by atoms with van der Waals surface area (Å²) in [5.74, 6) is 0. The highest BCUT2D eigenvalue weighted by atomic mass is 35.5. The lowest BCUT2D eigenvalue weighted by molar-refractivity contribution is 0.477. The molecule has 1 aromatic heterocycles. The summed E-state index contributed by atoms with van der Waals surface area (Å²) < 4.78 is 27.0. The van der Waals surface area contributed by atoms with Gasteiger partial charge in [-0.15, -0.1) is 0 Å². The maximum absolute atomic E-state index is 12.7. The van der Waals surface area contributed by atoms with Crippen LogP contribution in [-0.2, 0) is 10.0 Å². The van der Waals surface area contributed by atoms with Crippen molar-refractivity contribution in [3.05, 3.63) is 53.6 Å². The van der Waals surface area contributed by atoms with Gasteiger partial charge in [-0.25, -0.2) is 8.42 Å². The van der Waals surface area contributed by atoms with Gasteiger partial charge >= 0.3 is 0 Å². The SMILES string of the molecule is O=S(=O)(c1ccc2[nH]c(-c3ccccc3Cl)cc2c1)N1CCCC1. The number of hydrogen-bond acceptors (Lipinski definition) is 2. The fourth-order valence-electron chi connectivity index (χ4n) is 3.17. The van der Waals surface area contributed by atoms with Crippen LogP contribution in [0.25, 0.3) is 22.2 Å². The third-order valence-electron chi connectivity index (χ3n) is 4.46. The van der Waals surface area contributed by atoms with E-state index >= 15 is 0 Å². The number of rotatable bonds is 3. The summed E-state index contributed by atoms with van der Waals surface area (Å²) >= 11 is 6.25. The van der Waals surface area contributed by atoms with Crippen molar-refractivity contribution in [2.45, 2.75) is 17.7 Å². The largest absolute Gasteiger partial charge is 0.354 e. The topological polar surface area (TPSA) is 53.2 Å². The van der Waals surface area contributed by atoms with E-state index in [9.17, 15) is 8.42 Å². The smallest absolute Gasteiger partial charge is 0.243 e. The standard InChI is InChI=1S/C18H17ClN2O2S/c19-16-6-2-1-5-15(16)18-12-13-11-14(7-8-17(13)20-18)24(22,23)21-9-3-4-10-21/h1-2,5-8,11-12,20H,3-4,9-10H2. The molecule has 0 atom stereocenters. The summed E-state index contributed by atoms with van der Waals surface area (Å²) in [6, 6.07) is 14.8. The summed E-state index contributed by atoms with van der Waals surface area (Å²) in [5, 5.41) is 1.53. The van der Waals surface area contributed by atoms with Crippen LogP contribution in [0.1, 0.15) is 12.8 Å². The van der Waals surface area contributed by atoms with Crippen LogP contribution in [0.15, 0.2) is 53.4 Å². The number of H-pyrrole nitrogens is 1. The van der Waals surface area contributed by atoms with Crippen LogP contribution < -0.4 is 0 Å². The van der Waals surface area contributed by atoms with Crippen LogP contribution in [0.3, 0.4) is 0 Å². The Kier molecular flexibility index (Phi) is 3.87. The number of sulfonamides is 1. The normalized spacial score (nSPS) is 16.0. The van der Waals surface area contributed by atoms with E-state index in [1.54, 1.807) is 16.4 Å². The van der Waals surface area contributed by atoms with Gasteiger partial charge in [0.1, 0.15) is 0 Å². The van der Waals surface area contributed by atoms with Crippen molar-refractivity contribution in [1.29, 1.82) is 0 Å². The molecular weight excluding hydrogens is 344 g/mol. The van der Waals surface area contributed by atoms with Crippen molar-refractivity contribution in [1.82, 2.24) is 9.29 Å². The lowest BCUT2D eigenvalue weighted by atomic mass is 10.1. The van der Waals surface area contributed by atoms with Gasteiger partial charge < -0.3 is 4.98 Å². The molecule has 0 radical (unpaired) electrons. The van der Waals surface area contributed by atoms with Crippen molar-refractivity contribution in [3.8, 4) is 11.3 Å². The van der Waals surface area contributed by atoms with Gasteiger partial charge in [0.05, 0.1) is 4.90 Å². The maximum atomic E-state index is 12.7. The average Bonchev–Trinajstić information content (AvgIpc) is 3.24. The van der Waals surface area contributed by atoms with E-state index in [2.05, 4.69) is 4.98 Å². The third-order valence-corrected chi connectivity index (χ3v) is 6.68. The van der Waals surface area contributed by atoms with Crippen molar-refractivity contribution in [3.63, 3.8) is 0 Å². The molecule has 0 amide bonds. The lowest BCUT2D eigenvalue weighted by Crippen LogP contribution is -2.27. The van der Waals surface area contributed by atoms with Crippen molar-refractivity contribution in [2.24, 2.45) is 0 Å². The predicted molar refractivity (Wildman–Crippen MR) is 96.7 cm³/mol. The molecule has 124 valence electrons. The minimum absolute atomic E-state index is 0.349. The minimum Gasteiger partial charge on any atom is -0.354 e. The molecule has 1 aliphatic heterocycles. The first-order chi connectivity index (χ1) is 11.6. The Morgan fingerprint density at radius 2 is 1.75 bits per heavy atom. The van der Waals surface area contributed by atoms with Crippen LogP contribution in [0, 0.1) is 0 Å². The number of hydrogen-bond donors (Lipinski definition) is 1. The number of nitrogens with one attached hydrogen (secondary N) is 1. The van der Waals surface area contributed by atoms with Crippen LogP contribution in [-0.4, -0.2) is 30.8 Å². The number of nitrogens with zero attached hydrogens (tertiary/aromatic N) is 1. The van der Waals surface area contributed by atoms with Crippen LogP contribution in [0.2, 0.25) is 5.02 Å². The number of benzene rings is 2. The second-order valence-electron chi connectivity index (χ2n) is 6.02. The molecule has 0 unspecified atom stereocenters. The molecule has 2 heterocycles. The molecule has 0 aliphatic carbocycles. The zero-order valence-electron chi connectivity index (χ0n) is 13.0. The van der Waals surface area contributed by atoms with Gasteiger partial charge in [0.15, 0.2) is 0 Å². The average molecular weight is 361 g/mol. The monoisotopic (exact) mass is 360 g/mol. The number of aromatic amines is 1. The first-order valence-corrected chi connectivity index (χ1v) is 9.75. The van der Waals surface area contributed by atoms with Gasteiger partial charge in [0, 0.05) is 40.3 Å². The Morgan fingerprint density at radius 3 is 2.50 bits per heavy atom. The molecular formula is C18H17ClN2O2S. The number of halogens is 1. The summed E-state index contributed by atoms with van der Waals surface area (Å²) in [6.45, 7) is 1.22. The highest BCUT2D eigenvalue weighted by Crippen LogP contribution is 2.31. The first kappa shape index (κ1) is 15.7. The van der Waals surface area contributed by atoms with E-state index < -0.39 is 10.0 Å². The molecule has 24 heavy (non-hydrogen) atoms. The molecule has 3 aromatic rings. The lowest BCUT2D eigenvalue weighted by Gasteiger charge is -2.15. The fourth-order valence-corrected chi connectivity index (χ4v) is 4.96. The highest BCUT2D eigenvalue weighted by Gasteiger charge is 2.27. The molecule has 4 nitrogen and oxygen atoms in total. The number of fused-ring (bicyclic) bond motifs is 1. The van der Waals surface area contributed by atoms with Gasteiger partial charge in [0.25, 0.3) is 0 Å². The van der Waals surface area contributed by atoms with Crippen LogP contribution in [0.4, 0.5) is 0 Å². The van der Waals surface area contributed by atoms with Crippen molar-refractivity contribution < 1.29 is 8.42 Å². The van der Waals surface area contributed by atoms with Gasteiger partial charge in [-0.05, 0) is 43.2 Å². The van der Waals surface area contributed by atoms with Crippen LogP contribution >= 0.6 is 11.6 Å². The van der Waals surface area contributed by atoms with Gasteiger partial charge in [-0.2, -0.15) is 4.31 Å². The molecule has 1 aliphatic rings. The molecule has 0 saturated carbocycles. The van der Waals surface area contributed by atoms with E-state index in [0.717, 1.165) is 35.0 Å². The zero-order valence-corrected chi connectivity index (χ0v) is 14.6. The Bertz CT molecular complexity index is 1000. The van der Waals surface area contributed by atoms with Crippen molar-refractivity contribution in [2.75, 3.05) is 13.1 Å². The molecule has 1 saturated heterocycles. The van der Waals surface area contributed by atoms with E-state index in [4.69, 9.17) is 11.6 Å². The summed E-state index contributed by atoms with van der Waals surface area (Å²) in [7, 11) is -3.40. The van der Waals surface area contributed by atoms with Gasteiger partial charge in [0.2, 0.25) is 10.0 Å². The number of aromatic nitrogens is 1. The molecule has 0 bridgehead atoms. The second kappa shape index (κ2) is 5.92. The Balaban J connectivity index is 1.78. The van der Waals surface area contributed by atoms with Crippen molar-refractivity contribution >= 4 is 32.5 Å². The van der Waals surface area contributed by atoms with Gasteiger partial charge in [-0.3, -0.25) is 0 Å². The Morgan fingerprint density at radius 1 is 1.00 bits per heavy atom. The van der Waals surface area contributed by atoms with E-state index in [1.165, 1.54) is 0 Å². The fraction of sp³-hybridized carbons (Fsp3) is 0.222.